The minimum absolute atomic E-state index is 0.0681. The molecule has 0 aromatic carbocycles. The van der Waals surface area contributed by atoms with Crippen LogP contribution < -0.4 is 5.56 Å². The van der Waals surface area contributed by atoms with E-state index in [9.17, 15) is 9.59 Å². The Bertz CT molecular complexity index is 787. The lowest BCUT2D eigenvalue weighted by molar-refractivity contribution is 0.0692. The van der Waals surface area contributed by atoms with E-state index in [2.05, 4.69) is 15.3 Å². The van der Waals surface area contributed by atoms with Crippen molar-refractivity contribution in [2.75, 3.05) is 0 Å². The predicted octanol–water partition coefficient (Wildman–Crippen LogP) is 0.844. The molecule has 0 bridgehead atoms. The van der Waals surface area contributed by atoms with Gasteiger partial charge in [0, 0.05) is 10.9 Å². The van der Waals surface area contributed by atoms with E-state index < -0.39 is 11.5 Å². The number of aromatic nitrogens is 4. The van der Waals surface area contributed by atoms with Crippen molar-refractivity contribution in [1.29, 1.82) is 0 Å². The van der Waals surface area contributed by atoms with Crippen LogP contribution in [0, 0.1) is 0 Å². The van der Waals surface area contributed by atoms with Crippen molar-refractivity contribution in [3.63, 3.8) is 0 Å². The van der Waals surface area contributed by atoms with Crippen LogP contribution in [0.3, 0.4) is 0 Å². The number of rotatable bonds is 2. The summed E-state index contributed by atoms with van der Waals surface area (Å²) in [5.74, 6) is -1.28. The summed E-state index contributed by atoms with van der Waals surface area (Å²) in [6, 6.07) is 1.84. The number of carboxylic acids is 1. The fourth-order valence-electron chi connectivity index (χ4n) is 1.64. The average Bonchev–Trinajstić information content (AvgIpc) is 2.97. The molecule has 0 radical (unpaired) electrons. The quantitative estimate of drug-likeness (QED) is 0.712. The van der Waals surface area contributed by atoms with Crippen molar-refractivity contribution < 1.29 is 9.90 Å². The first kappa shape index (κ1) is 10.7. The molecule has 90 valence electrons. The van der Waals surface area contributed by atoms with Gasteiger partial charge in [-0.25, -0.2) is 9.31 Å². The van der Waals surface area contributed by atoms with E-state index in [-0.39, 0.29) is 11.2 Å². The van der Waals surface area contributed by atoms with Crippen molar-refractivity contribution in [3.8, 4) is 11.3 Å². The van der Waals surface area contributed by atoms with Crippen molar-refractivity contribution in [2.45, 2.75) is 0 Å². The molecule has 0 atom stereocenters. The monoisotopic (exact) mass is 262 g/mol. The summed E-state index contributed by atoms with van der Waals surface area (Å²) < 4.78 is 1.18. The van der Waals surface area contributed by atoms with Gasteiger partial charge in [0.05, 0.1) is 11.9 Å². The van der Waals surface area contributed by atoms with Gasteiger partial charge in [0.1, 0.15) is 0 Å². The number of hydrogen-bond donors (Lipinski definition) is 2. The van der Waals surface area contributed by atoms with E-state index >= 15 is 0 Å². The van der Waals surface area contributed by atoms with E-state index in [0.29, 0.717) is 5.69 Å². The summed E-state index contributed by atoms with van der Waals surface area (Å²) in [4.78, 5) is 25.4. The van der Waals surface area contributed by atoms with Crippen LogP contribution in [0.5, 0.6) is 0 Å². The fraction of sp³-hybridized carbons (Fsp3) is 0. The molecule has 0 amide bonds. The summed E-state index contributed by atoms with van der Waals surface area (Å²) in [5, 5.41) is 19.7. The summed E-state index contributed by atoms with van der Waals surface area (Å²) in [7, 11) is 0. The summed E-state index contributed by atoms with van der Waals surface area (Å²) in [5.41, 5.74) is 0.456. The number of aromatic amines is 1. The molecule has 18 heavy (non-hydrogen) atoms. The SMILES string of the molecule is O=C(O)c1nnn2cc(-c3ccsc3)[nH]c(=O)c12. The smallest absolute Gasteiger partial charge is 0.358 e. The zero-order valence-electron chi connectivity index (χ0n) is 8.82. The minimum atomic E-state index is -1.28. The minimum Gasteiger partial charge on any atom is -0.476 e. The molecule has 7 nitrogen and oxygen atoms in total. The van der Waals surface area contributed by atoms with Gasteiger partial charge >= 0.3 is 5.97 Å². The number of aromatic carboxylic acids is 1. The Kier molecular flexibility index (Phi) is 2.23. The topological polar surface area (TPSA) is 100 Å². The molecule has 0 saturated carbocycles. The normalized spacial score (nSPS) is 10.9. The van der Waals surface area contributed by atoms with E-state index in [1.165, 1.54) is 22.0 Å². The average molecular weight is 262 g/mol. The maximum absolute atomic E-state index is 11.9. The molecule has 0 unspecified atom stereocenters. The molecule has 3 aromatic heterocycles. The van der Waals surface area contributed by atoms with Crippen LogP contribution in [0.4, 0.5) is 0 Å². The molecule has 0 saturated heterocycles. The van der Waals surface area contributed by atoms with Crippen molar-refractivity contribution >= 4 is 22.8 Å². The second-order valence-electron chi connectivity index (χ2n) is 3.55. The molecular formula is C10H6N4O3S. The lowest BCUT2D eigenvalue weighted by Crippen LogP contribution is -2.13. The van der Waals surface area contributed by atoms with Crippen LogP contribution in [0.25, 0.3) is 16.8 Å². The number of carboxylic acid groups (broad SMARTS) is 1. The zero-order chi connectivity index (χ0) is 12.7. The third-order valence-corrected chi connectivity index (χ3v) is 3.13. The number of thiophene rings is 1. The third kappa shape index (κ3) is 1.51. The third-order valence-electron chi connectivity index (χ3n) is 2.44. The van der Waals surface area contributed by atoms with Crippen molar-refractivity contribution in [1.82, 2.24) is 19.8 Å². The van der Waals surface area contributed by atoms with Crippen molar-refractivity contribution in [2.24, 2.45) is 0 Å². The van der Waals surface area contributed by atoms with Crippen LogP contribution in [0.2, 0.25) is 0 Å². The summed E-state index contributed by atoms with van der Waals surface area (Å²) in [6.45, 7) is 0. The van der Waals surface area contributed by atoms with Gasteiger partial charge < -0.3 is 10.1 Å². The number of fused-ring (bicyclic) bond motifs is 1. The zero-order valence-corrected chi connectivity index (χ0v) is 9.64. The summed E-state index contributed by atoms with van der Waals surface area (Å²) >= 11 is 1.49. The molecule has 0 aliphatic carbocycles. The number of H-pyrrole nitrogens is 1. The second kappa shape index (κ2) is 3.77. The molecule has 3 heterocycles. The first-order valence-corrected chi connectivity index (χ1v) is 5.85. The Morgan fingerprint density at radius 1 is 1.50 bits per heavy atom. The Hall–Kier alpha value is -2.48. The van der Waals surface area contributed by atoms with Gasteiger partial charge in [0.15, 0.2) is 5.52 Å². The van der Waals surface area contributed by atoms with Crippen LogP contribution in [-0.4, -0.2) is 30.9 Å². The maximum atomic E-state index is 11.9. The number of carbonyl (C=O) groups is 1. The molecule has 3 rings (SSSR count). The van der Waals surface area contributed by atoms with E-state index in [0.717, 1.165) is 5.56 Å². The standard InChI is InChI=1S/C10H6N4O3S/c15-9-8-7(10(16)17)12-13-14(8)3-6(11-9)5-1-2-18-4-5/h1-4H,(H,11,15)(H,16,17). The Morgan fingerprint density at radius 3 is 3.00 bits per heavy atom. The molecule has 0 fully saturated rings. The number of nitrogens with zero attached hydrogens (tertiary/aromatic N) is 3. The van der Waals surface area contributed by atoms with Gasteiger partial charge in [0.25, 0.3) is 5.56 Å². The highest BCUT2D eigenvalue weighted by atomic mass is 32.1. The molecule has 3 aromatic rings. The molecule has 0 spiro atoms. The second-order valence-corrected chi connectivity index (χ2v) is 4.33. The van der Waals surface area contributed by atoms with Crippen LogP contribution in [0.1, 0.15) is 10.5 Å². The van der Waals surface area contributed by atoms with E-state index in [1.54, 1.807) is 0 Å². The first-order valence-electron chi connectivity index (χ1n) is 4.91. The lowest BCUT2D eigenvalue weighted by atomic mass is 10.2. The molecule has 2 N–H and O–H groups in total. The van der Waals surface area contributed by atoms with Gasteiger partial charge in [-0.1, -0.05) is 5.21 Å². The predicted molar refractivity (Wildman–Crippen MR) is 63.9 cm³/mol. The van der Waals surface area contributed by atoms with Crippen LogP contribution in [0.15, 0.2) is 27.8 Å². The Balaban J connectivity index is 2.31. The molecule has 0 aliphatic heterocycles. The van der Waals surface area contributed by atoms with Gasteiger partial charge in [-0.05, 0) is 11.4 Å². The molecular weight excluding hydrogens is 256 g/mol. The van der Waals surface area contributed by atoms with Gasteiger partial charge in [0.2, 0.25) is 5.69 Å². The van der Waals surface area contributed by atoms with Crippen molar-refractivity contribution in [3.05, 3.63) is 39.1 Å². The lowest BCUT2D eigenvalue weighted by Gasteiger charge is -1.98. The van der Waals surface area contributed by atoms with Crippen LogP contribution >= 0.6 is 11.3 Å². The van der Waals surface area contributed by atoms with Gasteiger partial charge in [-0.2, -0.15) is 11.3 Å². The highest BCUT2D eigenvalue weighted by Gasteiger charge is 2.17. The van der Waals surface area contributed by atoms with Crippen LogP contribution in [-0.2, 0) is 0 Å². The molecule has 0 aliphatic rings. The first-order chi connectivity index (χ1) is 8.66. The van der Waals surface area contributed by atoms with E-state index in [4.69, 9.17) is 5.11 Å². The Labute approximate surface area is 103 Å². The highest BCUT2D eigenvalue weighted by molar-refractivity contribution is 7.08. The Morgan fingerprint density at radius 2 is 2.33 bits per heavy atom. The summed E-state index contributed by atoms with van der Waals surface area (Å²) in [6.07, 6.45) is 1.54. The number of nitrogens with one attached hydrogen (secondary N) is 1. The maximum Gasteiger partial charge on any atom is 0.358 e. The van der Waals surface area contributed by atoms with Gasteiger partial charge in [-0.3, -0.25) is 4.79 Å². The highest BCUT2D eigenvalue weighted by Crippen LogP contribution is 2.18. The number of hydrogen-bond acceptors (Lipinski definition) is 5. The molecule has 8 heteroatoms. The fourth-order valence-corrected chi connectivity index (χ4v) is 2.30. The largest absolute Gasteiger partial charge is 0.476 e. The van der Waals surface area contributed by atoms with E-state index in [1.807, 2.05) is 16.8 Å². The van der Waals surface area contributed by atoms with Gasteiger partial charge in [-0.15, -0.1) is 5.10 Å².